The number of benzene rings is 2. The lowest BCUT2D eigenvalue weighted by atomic mass is 10.2. The van der Waals surface area contributed by atoms with Crippen molar-refractivity contribution in [2.24, 2.45) is 0 Å². The Hall–Kier alpha value is -1.61. The predicted molar refractivity (Wildman–Crippen MR) is 64.7 cm³/mol. The molecule has 2 nitrogen and oxygen atoms in total. The molecule has 0 fully saturated rings. The first kappa shape index (κ1) is 10.9. The van der Waals surface area contributed by atoms with E-state index in [1.54, 1.807) is 12.1 Å². The van der Waals surface area contributed by atoms with Crippen LogP contribution in [0.2, 0.25) is 0 Å². The maximum absolute atomic E-state index is 11.8. The van der Waals surface area contributed by atoms with Gasteiger partial charge in [-0.15, -0.1) is 0 Å². The first-order valence-corrected chi connectivity index (χ1v) is 6.05. The van der Waals surface area contributed by atoms with E-state index in [4.69, 9.17) is 4.18 Å². The van der Waals surface area contributed by atoms with Gasteiger partial charge in [0.25, 0.3) is 0 Å². The molecule has 0 spiro atoms. The van der Waals surface area contributed by atoms with Gasteiger partial charge in [0, 0.05) is 0 Å². The monoisotopic (exact) mass is 232 g/mol. The van der Waals surface area contributed by atoms with Crippen molar-refractivity contribution in [2.75, 3.05) is 0 Å². The van der Waals surface area contributed by atoms with Crippen molar-refractivity contribution in [2.45, 2.75) is 11.8 Å². The molecule has 0 saturated heterocycles. The SMILES string of the molecule is Cc1ccc(S(=O)Oc2ccccc2)cc1. The minimum absolute atomic E-state index is 0.612. The molecule has 0 bridgehead atoms. The number of hydrogen-bond acceptors (Lipinski definition) is 2. The molecule has 0 saturated carbocycles. The van der Waals surface area contributed by atoms with Crippen molar-refractivity contribution in [3.8, 4) is 5.75 Å². The third-order valence-corrected chi connectivity index (χ3v) is 3.13. The Balaban J connectivity index is 2.12. The summed E-state index contributed by atoms with van der Waals surface area (Å²) < 4.78 is 17.1. The Kier molecular flexibility index (Phi) is 3.37. The molecule has 2 aromatic carbocycles. The van der Waals surface area contributed by atoms with Crippen LogP contribution in [0.5, 0.6) is 5.75 Å². The molecule has 16 heavy (non-hydrogen) atoms. The van der Waals surface area contributed by atoms with Gasteiger partial charge in [-0.25, -0.2) is 4.21 Å². The van der Waals surface area contributed by atoms with Crippen LogP contribution in [-0.4, -0.2) is 4.21 Å². The van der Waals surface area contributed by atoms with Gasteiger partial charge in [0.1, 0.15) is 5.75 Å². The van der Waals surface area contributed by atoms with Gasteiger partial charge >= 0.3 is 0 Å². The summed E-state index contributed by atoms with van der Waals surface area (Å²) in [7, 11) is 0. The van der Waals surface area contributed by atoms with E-state index in [0.717, 1.165) is 5.56 Å². The minimum atomic E-state index is -1.44. The fraction of sp³-hybridized carbons (Fsp3) is 0.0769. The highest BCUT2D eigenvalue weighted by molar-refractivity contribution is 7.80. The zero-order valence-corrected chi connectivity index (χ0v) is 9.74. The number of rotatable bonds is 3. The van der Waals surface area contributed by atoms with Gasteiger partial charge in [-0.05, 0) is 31.2 Å². The highest BCUT2D eigenvalue weighted by atomic mass is 32.2. The normalized spacial score (nSPS) is 12.1. The van der Waals surface area contributed by atoms with Crippen LogP contribution in [0.4, 0.5) is 0 Å². The van der Waals surface area contributed by atoms with Gasteiger partial charge < -0.3 is 4.18 Å². The van der Waals surface area contributed by atoms with Gasteiger partial charge in [-0.3, -0.25) is 0 Å². The zero-order valence-electron chi connectivity index (χ0n) is 8.92. The quantitative estimate of drug-likeness (QED) is 0.812. The fourth-order valence-electron chi connectivity index (χ4n) is 1.26. The maximum Gasteiger partial charge on any atom is 0.240 e. The summed E-state index contributed by atoms with van der Waals surface area (Å²) in [5.74, 6) is 0.612. The van der Waals surface area contributed by atoms with Crippen molar-refractivity contribution >= 4 is 11.1 Å². The lowest BCUT2D eigenvalue weighted by Gasteiger charge is -2.04. The average Bonchev–Trinajstić information content (AvgIpc) is 2.31. The lowest BCUT2D eigenvalue weighted by molar-refractivity contribution is 0.562. The van der Waals surface area contributed by atoms with Crippen LogP contribution < -0.4 is 4.18 Å². The van der Waals surface area contributed by atoms with Gasteiger partial charge in [-0.2, -0.15) is 0 Å². The molecule has 1 atom stereocenters. The van der Waals surface area contributed by atoms with Gasteiger partial charge in [0.15, 0.2) is 0 Å². The van der Waals surface area contributed by atoms with Crippen molar-refractivity contribution in [3.63, 3.8) is 0 Å². The van der Waals surface area contributed by atoms with E-state index in [9.17, 15) is 4.21 Å². The standard InChI is InChI=1S/C13H12O2S/c1-11-7-9-13(10-8-11)16(14)15-12-5-3-2-4-6-12/h2-10H,1H3. The third kappa shape index (κ3) is 2.70. The van der Waals surface area contributed by atoms with Crippen molar-refractivity contribution in [1.82, 2.24) is 0 Å². The molecule has 2 rings (SSSR count). The molecule has 82 valence electrons. The Labute approximate surface area is 97.6 Å². The van der Waals surface area contributed by atoms with Crippen LogP contribution in [0, 0.1) is 6.92 Å². The summed E-state index contributed by atoms with van der Waals surface area (Å²) >= 11 is -1.44. The molecule has 0 aliphatic heterocycles. The van der Waals surface area contributed by atoms with Crippen LogP contribution in [-0.2, 0) is 11.1 Å². The summed E-state index contributed by atoms with van der Waals surface area (Å²) in [6, 6.07) is 16.6. The summed E-state index contributed by atoms with van der Waals surface area (Å²) in [6.07, 6.45) is 0. The average molecular weight is 232 g/mol. The first-order chi connectivity index (χ1) is 7.75. The first-order valence-electron chi connectivity index (χ1n) is 4.97. The van der Waals surface area contributed by atoms with Crippen LogP contribution in [0.1, 0.15) is 5.56 Å². The molecule has 3 heteroatoms. The highest BCUT2D eigenvalue weighted by Gasteiger charge is 2.05. The Morgan fingerprint density at radius 1 is 0.938 bits per heavy atom. The summed E-state index contributed by atoms with van der Waals surface area (Å²) in [5.41, 5.74) is 1.14. The van der Waals surface area contributed by atoms with Crippen LogP contribution in [0.15, 0.2) is 59.5 Å². The van der Waals surface area contributed by atoms with Crippen LogP contribution in [0.25, 0.3) is 0 Å². The van der Waals surface area contributed by atoms with Crippen molar-refractivity contribution in [3.05, 3.63) is 60.2 Å². The zero-order chi connectivity index (χ0) is 11.4. The Morgan fingerprint density at radius 3 is 2.19 bits per heavy atom. The van der Waals surface area contributed by atoms with E-state index in [1.165, 1.54) is 0 Å². The number of para-hydroxylation sites is 1. The third-order valence-electron chi connectivity index (χ3n) is 2.13. The van der Waals surface area contributed by atoms with Gasteiger partial charge in [0.2, 0.25) is 11.1 Å². The van der Waals surface area contributed by atoms with Crippen molar-refractivity contribution in [1.29, 1.82) is 0 Å². The molecule has 0 aliphatic rings. The van der Waals surface area contributed by atoms with Crippen molar-refractivity contribution < 1.29 is 8.39 Å². The van der Waals surface area contributed by atoms with E-state index in [-0.39, 0.29) is 0 Å². The summed E-state index contributed by atoms with van der Waals surface area (Å²) in [4.78, 5) is 0.675. The van der Waals surface area contributed by atoms with Gasteiger partial charge in [-0.1, -0.05) is 35.9 Å². The van der Waals surface area contributed by atoms with Crippen LogP contribution in [0.3, 0.4) is 0 Å². The molecule has 0 N–H and O–H groups in total. The molecule has 2 aromatic rings. The predicted octanol–water partition coefficient (Wildman–Crippen LogP) is 3.10. The van der Waals surface area contributed by atoms with Gasteiger partial charge in [0.05, 0.1) is 4.90 Å². The highest BCUT2D eigenvalue weighted by Crippen LogP contribution is 2.15. The summed E-state index contributed by atoms with van der Waals surface area (Å²) in [6.45, 7) is 1.99. The van der Waals surface area contributed by atoms with E-state index in [0.29, 0.717) is 10.6 Å². The molecule has 1 unspecified atom stereocenters. The molecular weight excluding hydrogens is 220 g/mol. The van der Waals surface area contributed by atoms with Crippen LogP contribution >= 0.6 is 0 Å². The smallest absolute Gasteiger partial charge is 0.240 e. The molecule has 0 amide bonds. The second kappa shape index (κ2) is 4.94. The molecule has 0 aliphatic carbocycles. The van der Waals surface area contributed by atoms with E-state index in [1.807, 2.05) is 49.4 Å². The second-order valence-corrected chi connectivity index (χ2v) is 4.55. The fourth-order valence-corrected chi connectivity index (χ4v) is 2.00. The largest absolute Gasteiger partial charge is 0.397 e. The Morgan fingerprint density at radius 2 is 1.56 bits per heavy atom. The maximum atomic E-state index is 11.8. The molecule has 0 radical (unpaired) electrons. The molecular formula is C13H12O2S. The topological polar surface area (TPSA) is 26.3 Å². The second-order valence-electron chi connectivity index (χ2n) is 3.44. The van der Waals surface area contributed by atoms with E-state index < -0.39 is 11.1 Å². The summed E-state index contributed by atoms with van der Waals surface area (Å²) in [5, 5.41) is 0. The number of hydrogen-bond donors (Lipinski definition) is 0. The van der Waals surface area contributed by atoms with E-state index >= 15 is 0 Å². The molecule has 0 aromatic heterocycles. The minimum Gasteiger partial charge on any atom is -0.397 e. The van der Waals surface area contributed by atoms with E-state index in [2.05, 4.69) is 0 Å². The lowest BCUT2D eigenvalue weighted by Crippen LogP contribution is -2.00. The molecule has 0 heterocycles. The number of aryl methyl sites for hydroxylation is 1. The Bertz CT molecular complexity index is 477.